The summed E-state index contributed by atoms with van der Waals surface area (Å²) in [6.45, 7) is 4.50. The van der Waals surface area contributed by atoms with E-state index in [9.17, 15) is 4.79 Å². The molecule has 2 aromatic carbocycles. The van der Waals surface area contributed by atoms with E-state index < -0.39 is 5.41 Å². The van der Waals surface area contributed by atoms with E-state index >= 15 is 0 Å². The Morgan fingerprint density at radius 2 is 1.91 bits per heavy atom. The van der Waals surface area contributed by atoms with E-state index in [1.54, 1.807) is 7.11 Å². The van der Waals surface area contributed by atoms with Crippen molar-refractivity contribution in [1.29, 1.82) is 0 Å². The Morgan fingerprint density at radius 1 is 1.14 bits per heavy atom. The van der Waals surface area contributed by atoms with E-state index in [1.807, 2.05) is 62.4 Å². The first kappa shape index (κ1) is 16.1. The van der Waals surface area contributed by atoms with Crippen LogP contribution in [0.25, 0.3) is 0 Å². The Balaban J connectivity index is 2.36. The third kappa shape index (κ3) is 3.48. The standard InChI is InChI=1S/C19H22O3/c1-4-22-18-11-6-5-8-15(18)13-19(2,14-20)16-9-7-10-17(12-16)21-3/h5-12,14H,4,13H2,1-3H3. The van der Waals surface area contributed by atoms with Gasteiger partial charge in [-0.15, -0.1) is 0 Å². The van der Waals surface area contributed by atoms with Crippen LogP contribution in [0, 0.1) is 0 Å². The lowest BCUT2D eigenvalue weighted by atomic mass is 9.78. The van der Waals surface area contributed by atoms with E-state index in [2.05, 4.69) is 0 Å². The number of hydrogen-bond donors (Lipinski definition) is 0. The maximum absolute atomic E-state index is 11.8. The molecule has 1 unspecified atom stereocenters. The smallest absolute Gasteiger partial charge is 0.130 e. The molecule has 0 N–H and O–H groups in total. The Hall–Kier alpha value is -2.29. The van der Waals surface area contributed by atoms with Crippen LogP contribution >= 0.6 is 0 Å². The molecule has 2 rings (SSSR count). The summed E-state index contributed by atoms with van der Waals surface area (Å²) in [5.74, 6) is 1.59. The second-order valence-electron chi connectivity index (χ2n) is 5.48. The van der Waals surface area contributed by atoms with Gasteiger partial charge in [-0.05, 0) is 49.6 Å². The first-order valence-corrected chi connectivity index (χ1v) is 7.44. The highest BCUT2D eigenvalue weighted by Crippen LogP contribution is 2.32. The van der Waals surface area contributed by atoms with Crippen LogP contribution in [0.4, 0.5) is 0 Å². The average molecular weight is 298 g/mol. The molecule has 0 amide bonds. The Kier molecular flexibility index (Phi) is 5.21. The maximum Gasteiger partial charge on any atom is 0.130 e. The van der Waals surface area contributed by atoms with Gasteiger partial charge >= 0.3 is 0 Å². The minimum absolute atomic E-state index is 0.583. The van der Waals surface area contributed by atoms with Crippen LogP contribution < -0.4 is 9.47 Å². The summed E-state index contributed by atoms with van der Waals surface area (Å²) in [5.41, 5.74) is 1.34. The molecule has 0 spiro atoms. The van der Waals surface area contributed by atoms with Gasteiger partial charge in [0.1, 0.15) is 17.8 Å². The molecule has 0 heterocycles. The molecule has 0 aliphatic heterocycles. The summed E-state index contributed by atoms with van der Waals surface area (Å²) in [6, 6.07) is 15.5. The molecule has 0 radical (unpaired) electrons. The zero-order chi connectivity index (χ0) is 16.0. The Morgan fingerprint density at radius 3 is 2.59 bits per heavy atom. The van der Waals surface area contributed by atoms with Crippen LogP contribution in [0.2, 0.25) is 0 Å². The van der Waals surface area contributed by atoms with Gasteiger partial charge in [-0.25, -0.2) is 0 Å². The normalized spacial score (nSPS) is 13.2. The van der Waals surface area contributed by atoms with Crippen molar-refractivity contribution in [3.05, 3.63) is 59.7 Å². The first-order valence-electron chi connectivity index (χ1n) is 7.44. The van der Waals surface area contributed by atoms with E-state index in [0.29, 0.717) is 13.0 Å². The van der Waals surface area contributed by atoms with Crippen molar-refractivity contribution in [2.24, 2.45) is 0 Å². The molecule has 2 aromatic rings. The van der Waals surface area contributed by atoms with Crippen LogP contribution in [0.3, 0.4) is 0 Å². The van der Waals surface area contributed by atoms with Gasteiger partial charge in [-0.2, -0.15) is 0 Å². The number of aldehydes is 1. The highest BCUT2D eigenvalue weighted by Gasteiger charge is 2.28. The summed E-state index contributed by atoms with van der Waals surface area (Å²) >= 11 is 0. The number of carbonyl (C=O) groups is 1. The molecule has 1 atom stereocenters. The van der Waals surface area contributed by atoms with Crippen LogP contribution in [0.1, 0.15) is 25.0 Å². The lowest BCUT2D eigenvalue weighted by Crippen LogP contribution is -2.27. The molecule has 0 saturated heterocycles. The Bertz CT molecular complexity index is 636. The fraction of sp³-hybridized carbons (Fsp3) is 0.316. The first-order chi connectivity index (χ1) is 10.6. The van der Waals surface area contributed by atoms with Gasteiger partial charge < -0.3 is 14.3 Å². The number of benzene rings is 2. The molecule has 0 aliphatic rings. The fourth-order valence-electron chi connectivity index (χ4n) is 2.53. The summed E-state index contributed by atoms with van der Waals surface area (Å²) in [5, 5.41) is 0. The SMILES string of the molecule is CCOc1ccccc1CC(C)(C=O)c1cccc(OC)c1. The van der Waals surface area contributed by atoms with Gasteiger partial charge in [0.15, 0.2) is 0 Å². The molecular weight excluding hydrogens is 276 g/mol. The lowest BCUT2D eigenvalue weighted by molar-refractivity contribution is -0.112. The molecule has 3 nitrogen and oxygen atoms in total. The van der Waals surface area contributed by atoms with Gasteiger partial charge in [0.2, 0.25) is 0 Å². The van der Waals surface area contributed by atoms with Crippen molar-refractivity contribution in [2.75, 3.05) is 13.7 Å². The van der Waals surface area contributed by atoms with Crippen molar-refractivity contribution in [1.82, 2.24) is 0 Å². The lowest BCUT2D eigenvalue weighted by Gasteiger charge is -2.25. The number of rotatable bonds is 7. The summed E-state index contributed by atoms with van der Waals surface area (Å²) in [7, 11) is 1.63. The molecular formula is C19H22O3. The van der Waals surface area contributed by atoms with E-state index in [0.717, 1.165) is 28.9 Å². The molecule has 0 fully saturated rings. The van der Waals surface area contributed by atoms with E-state index in [-0.39, 0.29) is 0 Å². The van der Waals surface area contributed by atoms with Crippen LogP contribution in [-0.2, 0) is 16.6 Å². The van der Waals surface area contributed by atoms with Crippen LogP contribution in [0.5, 0.6) is 11.5 Å². The van der Waals surface area contributed by atoms with Crippen molar-refractivity contribution < 1.29 is 14.3 Å². The van der Waals surface area contributed by atoms with Gasteiger partial charge in [0.05, 0.1) is 19.1 Å². The highest BCUT2D eigenvalue weighted by molar-refractivity contribution is 5.69. The summed E-state index contributed by atoms with van der Waals surface area (Å²) < 4.78 is 10.9. The van der Waals surface area contributed by atoms with E-state index in [4.69, 9.17) is 9.47 Å². The topological polar surface area (TPSA) is 35.5 Å². The molecule has 0 saturated carbocycles. The molecule has 0 bridgehead atoms. The zero-order valence-electron chi connectivity index (χ0n) is 13.3. The summed E-state index contributed by atoms with van der Waals surface area (Å²) in [4.78, 5) is 11.8. The number of para-hydroxylation sites is 1. The zero-order valence-corrected chi connectivity index (χ0v) is 13.3. The van der Waals surface area contributed by atoms with Crippen LogP contribution in [0.15, 0.2) is 48.5 Å². The second-order valence-corrected chi connectivity index (χ2v) is 5.48. The fourth-order valence-corrected chi connectivity index (χ4v) is 2.53. The number of carbonyl (C=O) groups excluding carboxylic acids is 1. The van der Waals surface area contributed by atoms with E-state index in [1.165, 1.54) is 0 Å². The highest BCUT2D eigenvalue weighted by atomic mass is 16.5. The van der Waals surface area contributed by atoms with Gasteiger partial charge in [0, 0.05) is 0 Å². The van der Waals surface area contributed by atoms with Gasteiger partial charge in [-0.3, -0.25) is 0 Å². The third-order valence-corrected chi connectivity index (χ3v) is 3.82. The van der Waals surface area contributed by atoms with Crippen molar-refractivity contribution in [3.8, 4) is 11.5 Å². The third-order valence-electron chi connectivity index (χ3n) is 3.82. The summed E-state index contributed by atoms with van der Waals surface area (Å²) in [6.07, 6.45) is 1.59. The maximum atomic E-state index is 11.8. The molecule has 22 heavy (non-hydrogen) atoms. The molecule has 0 aromatic heterocycles. The van der Waals surface area contributed by atoms with Crippen LogP contribution in [-0.4, -0.2) is 20.0 Å². The number of hydrogen-bond acceptors (Lipinski definition) is 3. The molecule has 0 aliphatic carbocycles. The minimum Gasteiger partial charge on any atom is -0.497 e. The van der Waals surface area contributed by atoms with Crippen molar-refractivity contribution in [3.63, 3.8) is 0 Å². The molecule has 116 valence electrons. The quantitative estimate of drug-likeness (QED) is 0.729. The van der Waals surface area contributed by atoms with Crippen molar-refractivity contribution >= 4 is 6.29 Å². The number of methoxy groups -OCH3 is 1. The Labute approximate surface area is 131 Å². The minimum atomic E-state index is -0.623. The van der Waals surface area contributed by atoms with Gasteiger partial charge in [-0.1, -0.05) is 30.3 Å². The predicted molar refractivity (Wildman–Crippen MR) is 87.7 cm³/mol. The monoisotopic (exact) mass is 298 g/mol. The average Bonchev–Trinajstić information content (AvgIpc) is 2.57. The second kappa shape index (κ2) is 7.12. The molecule has 3 heteroatoms. The van der Waals surface area contributed by atoms with Crippen molar-refractivity contribution in [2.45, 2.75) is 25.7 Å². The number of ether oxygens (including phenoxy) is 2. The van der Waals surface area contributed by atoms with Gasteiger partial charge in [0.25, 0.3) is 0 Å². The largest absolute Gasteiger partial charge is 0.497 e. The predicted octanol–water partition coefficient (Wildman–Crippen LogP) is 3.79.